The van der Waals surface area contributed by atoms with E-state index in [1.54, 1.807) is 30.3 Å². The van der Waals surface area contributed by atoms with E-state index in [9.17, 15) is 9.59 Å². The van der Waals surface area contributed by atoms with Crippen LogP contribution in [0.25, 0.3) is 0 Å². The second kappa shape index (κ2) is 5.54. The summed E-state index contributed by atoms with van der Waals surface area (Å²) in [6, 6.07) is 8.75. The average molecular weight is 370 g/mol. The van der Waals surface area contributed by atoms with Gasteiger partial charge in [-0.3, -0.25) is 9.59 Å². The highest BCUT2D eigenvalue weighted by atomic mass is 79.9. The van der Waals surface area contributed by atoms with Crippen LogP contribution >= 0.6 is 27.5 Å². The van der Waals surface area contributed by atoms with E-state index in [1.807, 2.05) is 0 Å². The molecule has 2 heterocycles. The summed E-state index contributed by atoms with van der Waals surface area (Å²) in [4.78, 5) is 23.1. The minimum absolute atomic E-state index is 0.195. The number of fused-ring (bicyclic) bond motifs is 1. The molecule has 0 bridgehead atoms. The standard InChI is InChI=1S/C14H10BrClN2O3/c15-11-4-3-10(21-11)14(16)7-1-2-8-9(5-7)18-13(20)6-12(19)17-8/h1-5,14H,6H2,(H,17,19)(H,18,20). The highest BCUT2D eigenvalue weighted by molar-refractivity contribution is 9.10. The van der Waals surface area contributed by atoms with Gasteiger partial charge in [0.05, 0.1) is 11.4 Å². The zero-order valence-corrected chi connectivity index (χ0v) is 13.0. The number of amides is 2. The van der Waals surface area contributed by atoms with Crippen molar-refractivity contribution in [1.29, 1.82) is 0 Å². The number of carbonyl (C=O) groups is 2. The van der Waals surface area contributed by atoms with Gasteiger partial charge in [0.2, 0.25) is 11.8 Å². The Morgan fingerprint density at radius 2 is 1.81 bits per heavy atom. The van der Waals surface area contributed by atoms with Crippen LogP contribution in [0.1, 0.15) is 23.1 Å². The lowest BCUT2D eigenvalue weighted by molar-refractivity contribution is -0.123. The first-order valence-corrected chi connectivity index (χ1v) is 7.39. The Hall–Kier alpha value is -1.79. The number of anilines is 2. The summed E-state index contributed by atoms with van der Waals surface area (Å²) < 4.78 is 6.03. The van der Waals surface area contributed by atoms with Crippen molar-refractivity contribution in [3.8, 4) is 0 Å². The molecular formula is C14H10BrClN2O3. The van der Waals surface area contributed by atoms with E-state index >= 15 is 0 Å². The topological polar surface area (TPSA) is 71.3 Å². The Balaban J connectivity index is 1.95. The maximum Gasteiger partial charge on any atom is 0.233 e. The Morgan fingerprint density at radius 1 is 1.10 bits per heavy atom. The van der Waals surface area contributed by atoms with Crippen LogP contribution in [0, 0.1) is 0 Å². The zero-order valence-electron chi connectivity index (χ0n) is 10.7. The fraction of sp³-hybridized carbons (Fsp3) is 0.143. The molecule has 1 atom stereocenters. The maximum atomic E-state index is 11.6. The first-order chi connectivity index (χ1) is 10.0. The summed E-state index contributed by atoms with van der Waals surface area (Å²) in [7, 11) is 0. The van der Waals surface area contributed by atoms with Crippen LogP contribution < -0.4 is 10.6 Å². The normalized spacial score (nSPS) is 15.7. The number of alkyl halides is 1. The molecule has 0 saturated carbocycles. The van der Waals surface area contributed by atoms with Gasteiger partial charge in [0, 0.05) is 0 Å². The van der Waals surface area contributed by atoms with Gasteiger partial charge < -0.3 is 15.1 Å². The number of rotatable bonds is 2. The van der Waals surface area contributed by atoms with Crippen molar-refractivity contribution >= 4 is 50.7 Å². The Labute approximate surface area is 133 Å². The van der Waals surface area contributed by atoms with E-state index in [1.165, 1.54) is 0 Å². The lowest BCUT2D eigenvalue weighted by Crippen LogP contribution is -2.16. The Bertz CT molecular complexity index is 729. The van der Waals surface area contributed by atoms with Crippen molar-refractivity contribution in [3.05, 3.63) is 46.3 Å². The van der Waals surface area contributed by atoms with Crippen molar-refractivity contribution in [3.63, 3.8) is 0 Å². The summed E-state index contributed by atoms with van der Waals surface area (Å²) in [5, 5.41) is 4.86. The molecule has 1 aromatic carbocycles. The van der Waals surface area contributed by atoms with E-state index < -0.39 is 5.38 Å². The number of furan rings is 1. The molecule has 0 spiro atoms. The van der Waals surface area contributed by atoms with Crippen molar-refractivity contribution in [1.82, 2.24) is 0 Å². The molecule has 2 aromatic rings. The lowest BCUT2D eigenvalue weighted by atomic mass is 10.1. The van der Waals surface area contributed by atoms with Gasteiger partial charge in [-0.2, -0.15) is 0 Å². The Morgan fingerprint density at radius 3 is 2.48 bits per heavy atom. The van der Waals surface area contributed by atoms with Crippen molar-refractivity contribution in [2.45, 2.75) is 11.8 Å². The lowest BCUT2D eigenvalue weighted by Gasteiger charge is -2.12. The fourth-order valence-electron chi connectivity index (χ4n) is 2.10. The number of hydrogen-bond acceptors (Lipinski definition) is 3. The third-order valence-electron chi connectivity index (χ3n) is 3.05. The average Bonchev–Trinajstić information content (AvgIpc) is 2.79. The van der Waals surface area contributed by atoms with E-state index in [-0.39, 0.29) is 18.2 Å². The molecule has 0 radical (unpaired) electrons. The molecule has 1 aliphatic heterocycles. The van der Waals surface area contributed by atoms with Gasteiger partial charge in [-0.05, 0) is 45.8 Å². The highest BCUT2D eigenvalue weighted by Gasteiger charge is 2.21. The van der Waals surface area contributed by atoms with E-state index in [0.29, 0.717) is 21.8 Å². The first kappa shape index (κ1) is 14.2. The second-order valence-corrected chi connectivity index (χ2v) is 5.80. The number of hydrogen-bond donors (Lipinski definition) is 2. The molecule has 2 amide bonds. The molecule has 21 heavy (non-hydrogen) atoms. The van der Waals surface area contributed by atoms with Gasteiger partial charge in [-0.15, -0.1) is 11.6 Å². The monoisotopic (exact) mass is 368 g/mol. The number of benzene rings is 1. The predicted octanol–water partition coefficient (Wildman–Crippen LogP) is 3.65. The minimum atomic E-state index is -0.488. The largest absolute Gasteiger partial charge is 0.452 e. The van der Waals surface area contributed by atoms with Crippen molar-refractivity contribution in [2.24, 2.45) is 0 Å². The molecule has 0 fully saturated rings. The molecule has 1 aliphatic rings. The zero-order chi connectivity index (χ0) is 15.0. The third-order valence-corrected chi connectivity index (χ3v) is 3.94. The van der Waals surface area contributed by atoms with Crippen LogP contribution in [0.2, 0.25) is 0 Å². The van der Waals surface area contributed by atoms with Gasteiger partial charge in [0.25, 0.3) is 0 Å². The Kier molecular flexibility index (Phi) is 3.73. The maximum absolute atomic E-state index is 11.6. The molecule has 2 N–H and O–H groups in total. The molecule has 0 aliphatic carbocycles. The number of carbonyl (C=O) groups excluding carboxylic acids is 2. The van der Waals surface area contributed by atoms with Crippen LogP contribution in [0.3, 0.4) is 0 Å². The van der Waals surface area contributed by atoms with E-state index in [4.69, 9.17) is 16.0 Å². The van der Waals surface area contributed by atoms with Crippen LogP contribution in [0.15, 0.2) is 39.4 Å². The molecule has 1 aromatic heterocycles. The van der Waals surface area contributed by atoms with E-state index in [2.05, 4.69) is 26.6 Å². The molecule has 1 unspecified atom stereocenters. The number of halogens is 2. The van der Waals surface area contributed by atoms with Crippen LogP contribution in [-0.4, -0.2) is 11.8 Å². The predicted molar refractivity (Wildman–Crippen MR) is 82.4 cm³/mol. The van der Waals surface area contributed by atoms with Crippen LogP contribution in [-0.2, 0) is 9.59 Å². The molecule has 7 heteroatoms. The summed E-state index contributed by atoms with van der Waals surface area (Å²) in [5.74, 6) is -0.0980. The van der Waals surface area contributed by atoms with Gasteiger partial charge in [-0.1, -0.05) is 6.07 Å². The van der Waals surface area contributed by atoms with Gasteiger partial charge in [0.1, 0.15) is 17.6 Å². The van der Waals surface area contributed by atoms with Gasteiger partial charge in [-0.25, -0.2) is 0 Å². The number of nitrogens with one attached hydrogen (secondary N) is 2. The SMILES string of the molecule is O=C1CC(=O)Nc2cc(C(Cl)c3ccc(Br)o3)ccc2N1. The quantitative estimate of drug-likeness (QED) is 0.627. The minimum Gasteiger partial charge on any atom is -0.452 e. The van der Waals surface area contributed by atoms with Crippen molar-refractivity contribution in [2.75, 3.05) is 10.6 Å². The summed E-state index contributed by atoms with van der Waals surface area (Å²) in [6.07, 6.45) is -0.195. The second-order valence-electron chi connectivity index (χ2n) is 4.58. The molecular weight excluding hydrogens is 360 g/mol. The smallest absolute Gasteiger partial charge is 0.233 e. The first-order valence-electron chi connectivity index (χ1n) is 6.16. The third kappa shape index (κ3) is 2.96. The summed E-state index contributed by atoms with van der Waals surface area (Å²) >= 11 is 9.61. The fourth-order valence-corrected chi connectivity index (χ4v) is 2.67. The van der Waals surface area contributed by atoms with Gasteiger partial charge in [0.15, 0.2) is 4.67 Å². The molecule has 0 saturated heterocycles. The molecule has 3 rings (SSSR count). The summed E-state index contributed by atoms with van der Waals surface area (Å²) in [5.41, 5.74) is 1.84. The van der Waals surface area contributed by atoms with E-state index in [0.717, 1.165) is 5.56 Å². The van der Waals surface area contributed by atoms with Crippen LogP contribution in [0.5, 0.6) is 0 Å². The van der Waals surface area contributed by atoms with Crippen molar-refractivity contribution < 1.29 is 14.0 Å². The van der Waals surface area contributed by atoms with Crippen LogP contribution in [0.4, 0.5) is 11.4 Å². The molecule has 5 nitrogen and oxygen atoms in total. The highest BCUT2D eigenvalue weighted by Crippen LogP contribution is 2.35. The summed E-state index contributed by atoms with van der Waals surface area (Å²) in [6.45, 7) is 0. The van der Waals surface area contributed by atoms with Gasteiger partial charge >= 0.3 is 0 Å². The molecule has 108 valence electrons.